The zero-order valence-electron chi connectivity index (χ0n) is 11.2. The van der Waals surface area contributed by atoms with E-state index in [0.29, 0.717) is 0 Å². The molecule has 0 amide bonds. The molecule has 18 heavy (non-hydrogen) atoms. The lowest BCUT2D eigenvalue weighted by atomic mass is 10.0. The molecule has 98 valence electrons. The van der Waals surface area contributed by atoms with Gasteiger partial charge in [-0.3, -0.25) is 0 Å². The average molecular weight is 247 g/mol. The maximum atomic E-state index is 8.99. The molecule has 0 radical (unpaired) electrons. The first-order chi connectivity index (χ1) is 8.50. The van der Waals surface area contributed by atoms with Crippen molar-refractivity contribution in [2.75, 3.05) is 6.61 Å². The summed E-state index contributed by atoms with van der Waals surface area (Å²) in [5.41, 5.74) is 3.25. The number of hydrogen-bond acceptors (Lipinski definition) is 3. The molecule has 0 atom stereocenters. The van der Waals surface area contributed by atoms with Crippen LogP contribution in [0, 0.1) is 6.92 Å². The highest BCUT2D eigenvalue weighted by atomic mass is 16.3. The van der Waals surface area contributed by atoms with Gasteiger partial charge in [-0.15, -0.1) is 0 Å². The Kier molecular flexibility index (Phi) is 3.68. The Morgan fingerprint density at radius 3 is 2.89 bits per heavy atom. The van der Waals surface area contributed by atoms with Gasteiger partial charge in [0.2, 0.25) is 0 Å². The van der Waals surface area contributed by atoms with Crippen LogP contribution < -0.4 is 5.32 Å². The predicted octanol–water partition coefficient (Wildman–Crippen LogP) is 2.12. The molecule has 4 nitrogen and oxygen atoms in total. The Morgan fingerprint density at radius 2 is 2.17 bits per heavy atom. The van der Waals surface area contributed by atoms with Crippen LogP contribution in [0.2, 0.25) is 0 Å². The molecule has 1 aromatic heterocycles. The summed E-state index contributed by atoms with van der Waals surface area (Å²) < 4.78 is 0. The van der Waals surface area contributed by atoms with Gasteiger partial charge in [0.05, 0.1) is 11.0 Å². The van der Waals surface area contributed by atoms with E-state index in [1.54, 1.807) is 0 Å². The molecular formula is C14H21N3O. The van der Waals surface area contributed by atoms with Gasteiger partial charge in [0.1, 0.15) is 5.82 Å². The molecule has 1 heterocycles. The predicted molar refractivity (Wildman–Crippen MR) is 73.5 cm³/mol. The maximum Gasteiger partial charge on any atom is 0.104 e. The number of aliphatic hydroxyl groups excluding tert-OH is 1. The lowest BCUT2D eigenvalue weighted by molar-refractivity contribution is 0.230. The quantitative estimate of drug-likeness (QED) is 0.758. The summed E-state index contributed by atoms with van der Waals surface area (Å²) in [5, 5.41) is 12.4. The second kappa shape index (κ2) is 5.08. The van der Waals surface area contributed by atoms with Crippen molar-refractivity contribution in [2.45, 2.75) is 39.3 Å². The third-order valence-electron chi connectivity index (χ3n) is 3.17. The Balaban J connectivity index is 2.07. The van der Waals surface area contributed by atoms with Gasteiger partial charge >= 0.3 is 0 Å². The van der Waals surface area contributed by atoms with Crippen LogP contribution in [0.3, 0.4) is 0 Å². The highest BCUT2D eigenvalue weighted by Crippen LogP contribution is 2.15. The van der Waals surface area contributed by atoms with Crippen LogP contribution in [-0.2, 0) is 6.54 Å². The fraction of sp³-hybridized carbons (Fsp3) is 0.500. The number of imidazole rings is 1. The number of hydrogen-bond donors (Lipinski definition) is 3. The zero-order chi connectivity index (χ0) is 13.2. The van der Waals surface area contributed by atoms with E-state index in [0.717, 1.165) is 29.8 Å². The third kappa shape index (κ3) is 3.09. The molecule has 0 saturated carbocycles. The molecule has 0 aliphatic carbocycles. The van der Waals surface area contributed by atoms with Crippen molar-refractivity contribution in [3.63, 3.8) is 0 Å². The number of rotatable bonds is 5. The largest absolute Gasteiger partial charge is 0.396 e. The van der Waals surface area contributed by atoms with Crippen molar-refractivity contribution >= 4 is 11.0 Å². The highest BCUT2D eigenvalue weighted by molar-refractivity contribution is 5.75. The van der Waals surface area contributed by atoms with Crippen LogP contribution in [0.25, 0.3) is 11.0 Å². The Morgan fingerprint density at radius 1 is 1.39 bits per heavy atom. The van der Waals surface area contributed by atoms with Gasteiger partial charge in [-0.25, -0.2) is 4.98 Å². The minimum absolute atomic E-state index is 0.0480. The number of aromatic nitrogens is 2. The van der Waals surface area contributed by atoms with Crippen LogP contribution in [0.5, 0.6) is 0 Å². The highest BCUT2D eigenvalue weighted by Gasteiger charge is 2.15. The number of aromatic amines is 1. The first-order valence-electron chi connectivity index (χ1n) is 6.31. The number of benzene rings is 1. The van der Waals surface area contributed by atoms with Gasteiger partial charge < -0.3 is 15.4 Å². The lowest BCUT2D eigenvalue weighted by Gasteiger charge is -2.25. The van der Waals surface area contributed by atoms with E-state index in [1.165, 1.54) is 5.56 Å². The van der Waals surface area contributed by atoms with Gasteiger partial charge in [0.25, 0.3) is 0 Å². The van der Waals surface area contributed by atoms with Gasteiger partial charge in [0, 0.05) is 18.7 Å². The molecule has 0 saturated heterocycles. The summed E-state index contributed by atoms with van der Waals surface area (Å²) in [6, 6.07) is 6.25. The maximum absolute atomic E-state index is 8.99. The molecule has 0 bridgehead atoms. The fourth-order valence-electron chi connectivity index (χ4n) is 2.00. The van der Waals surface area contributed by atoms with E-state index in [4.69, 9.17) is 5.11 Å². The number of H-pyrrole nitrogens is 1. The molecule has 3 N–H and O–H groups in total. The number of aliphatic hydroxyl groups is 1. The Bertz CT molecular complexity index is 531. The molecule has 2 rings (SSSR count). The summed E-state index contributed by atoms with van der Waals surface area (Å²) in [4.78, 5) is 7.63. The monoisotopic (exact) mass is 247 g/mol. The summed E-state index contributed by atoms with van der Waals surface area (Å²) >= 11 is 0. The van der Waals surface area contributed by atoms with Gasteiger partial charge in [-0.2, -0.15) is 0 Å². The number of fused-ring (bicyclic) bond motifs is 1. The molecular weight excluding hydrogens is 226 g/mol. The van der Waals surface area contributed by atoms with Crippen molar-refractivity contribution in [3.05, 3.63) is 29.6 Å². The van der Waals surface area contributed by atoms with Gasteiger partial charge in [0.15, 0.2) is 0 Å². The zero-order valence-corrected chi connectivity index (χ0v) is 11.2. The number of aryl methyl sites for hydroxylation is 1. The van der Waals surface area contributed by atoms with E-state index in [-0.39, 0.29) is 12.1 Å². The van der Waals surface area contributed by atoms with Crippen molar-refractivity contribution in [1.29, 1.82) is 0 Å². The fourth-order valence-corrected chi connectivity index (χ4v) is 2.00. The third-order valence-corrected chi connectivity index (χ3v) is 3.17. The van der Waals surface area contributed by atoms with E-state index in [1.807, 2.05) is 13.0 Å². The smallest absolute Gasteiger partial charge is 0.104 e. The lowest BCUT2D eigenvalue weighted by Crippen LogP contribution is -2.39. The topological polar surface area (TPSA) is 60.9 Å². The summed E-state index contributed by atoms with van der Waals surface area (Å²) in [7, 11) is 0. The van der Waals surface area contributed by atoms with Crippen molar-refractivity contribution in [3.8, 4) is 0 Å². The number of nitrogens with one attached hydrogen (secondary N) is 2. The van der Waals surface area contributed by atoms with Crippen LogP contribution in [0.4, 0.5) is 0 Å². The van der Waals surface area contributed by atoms with Crippen LogP contribution >= 0.6 is 0 Å². The van der Waals surface area contributed by atoms with Gasteiger partial charge in [-0.1, -0.05) is 6.07 Å². The first-order valence-corrected chi connectivity index (χ1v) is 6.31. The minimum atomic E-state index is -0.0480. The molecule has 2 aromatic rings. The molecule has 0 unspecified atom stereocenters. The van der Waals surface area contributed by atoms with E-state index in [2.05, 4.69) is 41.3 Å². The normalized spacial score (nSPS) is 12.2. The molecule has 0 aliphatic heterocycles. The molecule has 0 fully saturated rings. The SMILES string of the molecule is Cc1nc2ccc(CNC(C)(C)CCO)cc2[nH]1. The summed E-state index contributed by atoms with van der Waals surface area (Å²) in [6.45, 7) is 7.16. The summed E-state index contributed by atoms with van der Waals surface area (Å²) in [5.74, 6) is 0.940. The van der Waals surface area contributed by atoms with Crippen molar-refractivity contribution < 1.29 is 5.11 Å². The minimum Gasteiger partial charge on any atom is -0.396 e. The molecule has 4 heteroatoms. The molecule has 1 aromatic carbocycles. The van der Waals surface area contributed by atoms with E-state index >= 15 is 0 Å². The second-order valence-electron chi connectivity index (χ2n) is 5.38. The van der Waals surface area contributed by atoms with Crippen LogP contribution in [0.1, 0.15) is 31.7 Å². The van der Waals surface area contributed by atoms with E-state index in [9.17, 15) is 0 Å². The molecule has 0 spiro atoms. The van der Waals surface area contributed by atoms with Crippen molar-refractivity contribution in [1.82, 2.24) is 15.3 Å². The standard InChI is InChI=1S/C14H21N3O/c1-10-16-12-5-4-11(8-13(12)17-10)9-15-14(2,3)6-7-18/h4-5,8,15,18H,6-7,9H2,1-3H3,(H,16,17). The van der Waals surface area contributed by atoms with Crippen molar-refractivity contribution in [2.24, 2.45) is 0 Å². The first kappa shape index (κ1) is 13.1. The molecule has 0 aliphatic rings. The number of nitrogens with zero attached hydrogens (tertiary/aromatic N) is 1. The average Bonchev–Trinajstić information content (AvgIpc) is 2.65. The summed E-state index contributed by atoms with van der Waals surface area (Å²) in [6.07, 6.45) is 0.748. The van der Waals surface area contributed by atoms with E-state index < -0.39 is 0 Å². The Hall–Kier alpha value is -1.39. The van der Waals surface area contributed by atoms with Crippen LogP contribution in [-0.4, -0.2) is 27.2 Å². The van der Waals surface area contributed by atoms with Gasteiger partial charge in [-0.05, 0) is 44.9 Å². The second-order valence-corrected chi connectivity index (χ2v) is 5.38. The Labute approximate surface area is 107 Å². The van der Waals surface area contributed by atoms with Crippen LogP contribution in [0.15, 0.2) is 18.2 Å².